The average Bonchev–Trinajstić information content (AvgIpc) is 1.35. The second-order valence-corrected chi connectivity index (χ2v) is 1.63. The van der Waals surface area contributed by atoms with Crippen molar-refractivity contribution in [3.8, 4) is 0 Å². The SMILES string of the molecule is C=CC[C@H]([CH2-])C.[Br-].[Mg+2]. The van der Waals surface area contributed by atoms with Crippen LogP contribution in [0, 0.1) is 12.8 Å². The molecule has 0 radical (unpaired) electrons. The van der Waals surface area contributed by atoms with Gasteiger partial charge in [-0.3, -0.25) is 0 Å². The van der Waals surface area contributed by atoms with Crippen molar-refractivity contribution >= 4 is 23.1 Å². The van der Waals surface area contributed by atoms with Gasteiger partial charge in [-0.05, 0) is 0 Å². The third-order valence-electron chi connectivity index (χ3n) is 0.569. The standard InChI is InChI=1S/C6H11.BrH.Mg/c1-4-5-6(2)3;;/h4,6H,1-2,5H2,3H3;1H;/q-1;;+2/p-1/t6-;;/m1../s1. The summed E-state index contributed by atoms with van der Waals surface area (Å²) in [5, 5.41) is 0. The molecule has 0 saturated carbocycles. The maximum absolute atomic E-state index is 3.76. The molecule has 0 fully saturated rings. The average molecular weight is 187 g/mol. The van der Waals surface area contributed by atoms with Gasteiger partial charge < -0.3 is 23.9 Å². The molecule has 44 valence electrons. The van der Waals surface area contributed by atoms with E-state index in [1.807, 2.05) is 6.08 Å². The zero-order chi connectivity index (χ0) is 4.99. The molecule has 0 rings (SSSR count). The molecular weight excluding hydrogens is 176 g/mol. The van der Waals surface area contributed by atoms with Gasteiger partial charge in [0, 0.05) is 0 Å². The van der Waals surface area contributed by atoms with Crippen molar-refractivity contribution in [3.05, 3.63) is 19.6 Å². The van der Waals surface area contributed by atoms with Crippen LogP contribution in [0.4, 0.5) is 0 Å². The minimum Gasteiger partial charge on any atom is -1.00 e. The summed E-state index contributed by atoms with van der Waals surface area (Å²) in [5.74, 6) is 0.530. The van der Waals surface area contributed by atoms with Crippen LogP contribution in [0.15, 0.2) is 12.7 Å². The van der Waals surface area contributed by atoms with Crippen LogP contribution >= 0.6 is 0 Å². The van der Waals surface area contributed by atoms with Crippen molar-refractivity contribution in [2.45, 2.75) is 13.3 Å². The van der Waals surface area contributed by atoms with E-state index >= 15 is 0 Å². The number of allylic oxidation sites excluding steroid dienone is 1. The largest absolute Gasteiger partial charge is 2.00 e. The van der Waals surface area contributed by atoms with Crippen molar-refractivity contribution in [2.75, 3.05) is 0 Å². The molecule has 0 aliphatic heterocycles. The first-order valence-corrected chi connectivity index (χ1v) is 2.21. The predicted molar refractivity (Wildman–Crippen MR) is 35.1 cm³/mol. The minimum atomic E-state index is 0. The van der Waals surface area contributed by atoms with Gasteiger partial charge in [0.05, 0.1) is 0 Å². The summed E-state index contributed by atoms with van der Waals surface area (Å²) in [6.07, 6.45) is 2.91. The summed E-state index contributed by atoms with van der Waals surface area (Å²) in [7, 11) is 0. The Morgan fingerprint density at radius 3 is 2.12 bits per heavy atom. The zero-order valence-electron chi connectivity index (χ0n) is 5.36. The summed E-state index contributed by atoms with van der Waals surface area (Å²) in [6, 6.07) is 0. The molecule has 0 saturated heterocycles. The van der Waals surface area contributed by atoms with Gasteiger partial charge in [0.15, 0.2) is 0 Å². The maximum atomic E-state index is 3.76. The molecule has 0 N–H and O–H groups in total. The van der Waals surface area contributed by atoms with Crippen LogP contribution in [0.1, 0.15) is 13.3 Å². The van der Waals surface area contributed by atoms with Gasteiger partial charge in [-0.2, -0.15) is 5.92 Å². The molecule has 0 unspecified atom stereocenters. The van der Waals surface area contributed by atoms with Crippen molar-refractivity contribution < 1.29 is 17.0 Å². The Bertz CT molecular complexity index is 43.8. The van der Waals surface area contributed by atoms with Crippen molar-refractivity contribution in [1.82, 2.24) is 0 Å². The Balaban J connectivity index is -0.000000125. The number of rotatable bonds is 2. The van der Waals surface area contributed by atoms with Crippen LogP contribution in [0.2, 0.25) is 0 Å². The molecule has 0 aliphatic carbocycles. The predicted octanol–water partition coefficient (Wildman–Crippen LogP) is -1.34. The molecule has 0 heterocycles. The van der Waals surface area contributed by atoms with Gasteiger partial charge in [0.1, 0.15) is 0 Å². The summed E-state index contributed by atoms with van der Waals surface area (Å²) < 4.78 is 0. The molecule has 0 bridgehead atoms. The van der Waals surface area contributed by atoms with Gasteiger partial charge in [-0.15, -0.1) is 6.58 Å². The molecule has 1 atom stereocenters. The van der Waals surface area contributed by atoms with Crippen LogP contribution in [-0.4, -0.2) is 23.1 Å². The zero-order valence-corrected chi connectivity index (χ0v) is 8.36. The number of hydrogen-bond acceptors (Lipinski definition) is 0. The van der Waals surface area contributed by atoms with E-state index in [9.17, 15) is 0 Å². The van der Waals surface area contributed by atoms with Crippen LogP contribution in [0.5, 0.6) is 0 Å². The third kappa shape index (κ3) is 15.8. The van der Waals surface area contributed by atoms with Crippen LogP contribution in [0.3, 0.4) is 0 Å². The Labute approximate surface area is 78.7 Å². The molecule has 0 nitrogen and oxygen atoms in total. The summed E-state index contributed by atoms with van der Waals surface area (Å²) in [4.78, 5) is 0. The first-order chi connectivity index (χ1) is 2.77. The van der Waals surface area contributed by atoms with Crippen LogP contribution < -0.4 is 17.0 Å². The van der Waals surface area contributed by atoms with Crippen molar-refractivity contribution in [2.24, 2.45) is 5.92 Å². The van der Waals surface area contributed by atoms with Crippen LogP contribution in [0.25, 0.3) is 0 Å². The smallest absolute Gasteiger partial charge is 1.00 e. The van der Waals surface area contributed by atoms with E-state index in [1.54, 1.807) is 0 Å². The molecule has 0 aromatic carbocycles. The van der Waals surface area contributed by atoms with Gasteiger partial charge >= 0.3 is 23.1 Å². The first-order valence-electron chi connectivity index (χ1n) is 2.21. The van der Waals surface area contributed by atoms with E-state index in [0.29, 0.717) is 5.92 Å². The van der Waals surface area contributed by atoms with E-state index in [-0.39, 0.29) is 40.0 Å². The van der Waals surface area contributed by atoms with Gasteiger partial charge in [0.2, 0.25) is 0 Å². The Kier molecular flexibility index (Phi) is 21.7. The molecule has 0 aliphatic rings. The Morgan fingerprint density at radius 2 is 2.12 bits per heavy atom. The summed E-state index contributed by atoms with van der Waals surface area (Å²) >= 11 is 0. The summed E-state index contributed by atoms with van der Waals surface area (Å²) in [5.41, 5.74) is 0. The second-order valence-electron chi connectivity index (χ2n) is 1.63. The number of hydrogen-bond donors (Lipinski definition) is 0. The van der Waals surface area contributed by atoms with Crippen molar-refractivity contribution in [1.29, 1.82) is 0 Å². The topological polar surface area (TPSA) is 0 Å². The Morgan fingerprint density at radius 1 is 1.75 bits per heavy atom. The first kappa shape index (κ1) is 16.0. The fourth-order valence-electron chi connectivity index (χ4n) is 0.285. The third-order valence-corrected chi connectivity index (χ3v) is 0.569. The quantitative estimate of drug-likeness (QED) is 0.285. The van der Waals surface area contributed by atoms with E-state index in [0.717, 1.165) is 6.42 Å². The molecular formula is C6H11BrMg. The van der Waals surface area contributed by atoms with E-state index in [1.165, 1.54) is 0 Å². The Hall–Kier alpha value is 0.986. The molecule has 8 heavy (non-hydrogen) atoms. The molecule has 0 amide bonds. The van der Waals surface area contributed by atoms with Gasteiger partial charge in [0.25, 0.3) is 0 Å². The fraction of sp³-hybridized carbons (Fsp3) is 0.500. The van der Waals surface area contributed by atoms with Gasteiger partial charge in [-0.1, -0.05) is 19.4 Å². The van der Waals surface area contributed by atoms with E-state index < -0.39 is 0 Å². The molecule has 0 spiro atoms. The maximum Gasteiger partial charge on any atom is 2.00 e. The molecule has 0 aromatic rings. The van der Waals surface area contributed by atoms with E-state index in [4.69, 9.17) is 0 Å². The summed E-state index contributed by atoms with van der Waals surface area (Å²) in [6.45, 7) is 9.39. The second kappa shape index (κ2) is 10.9. The van der Waals surface area contributed by atoms with E-state index in [2.05, 4.69) is 20.4 Å². The normalized spacial score (nSPS) is 10.2. The number of halogens is 1. The fourth-order valence-corrected chi connectivity index (χ4v) is 0.285. The minimum absolute atomic E-state index is 0. The molecule has 2 heteroatoms. The monoisotopic (exact) mass is 186 g/mol. The van der Waals surface area contributed by atoms with Gasteiger partial charge in [-0.25, -0.2) is 0 Å². The van der Waals surface area contributed by atoms with Crippen molar-refractivity contribution in [3.63, 3.8) is 0 Å². The molecule has 0 aromatic heterocycles. The van der Waals surface area contributed by atoms with Crippen LogP contribution in [-0.2, 0) is 0 Å².